The Hall–Kier alpha value is -2.84. The fourth-order valence-electron chi connectivity index (χ4n) is 5.06. The summed E-state index contributed by atoms with van der Waals surface area (Å²) in [4.78, 5) is 15.1. The van der Waals surface area contributed by atoms with Gasteiger partial charge in [0.15, 0.2) is 23.0 Å². The van der Waals surface area contributed by atoms with Gasteiger partial charge < -0.3 is 28.4 Å². The van der Waals surface area contributed by atoms with Crippen LogP contribution in [0.15, 0.2) is 12.1 Å². The van der Waals surface area contributed by atoms with Crippen molar-refractivity contribution in [2.24, 2.45) is 0 Å². The molecule has 0 N–H and O–H groups in total. The quantitative estimate of drug-likeness (QED) is 0.493. The van der Waals surface area contributed by atoms with Crippen molar-refractivity contribution < 1.29 is 33.2 Å². The first-order valence-corrected chi connectivity index (χ1v) is 10.8. The third-order valence-corrected chi connectivity index (χ3v) is 6.73. The van der Waals surface area contributed by atoms with E-state index in [1.807, 2.05) is 13.1 Å². The lowest BCUT2D eigenvalue weighted by atomic mass is 9.83. The fourth-order valence-corrected chi connectivity index (χ4v) is 5.35. The molecule has 0 spiro atoms. The van der Waals surface area contributed by atoms with Crippen LogP contribution in [0.3, 0.4) is 0 Å². The number of esters is 1. The highest BCUT2D eigenvalue weighted by molar-refractivity contribution is 6.17. The van der Waals surface area contributed by atoms with E-state index in [4.69, 9.17) is 40.0 Å². The van der Waals surface area contributed by atoms with Crippen LogP contribution in [0, 0.1) is 0 Å². The average Bonchev–Trinajstić information content (AvgIpc) is 3.41. The summed E-state index contributed by atoms with van der Waals surface area (Å²) in [6.07, 6.45) is 0.190. The van der Waals surface area contributed by atoms with Gasteiger partial charge in [0.1, 0.15) is 11.7 Å². The molecule has 8 nitrogen and oxygen atoms in total. The molecule has 3 aliphatic heterocycles. The lowest BCUT2D eigenvalue weighted by Crippen LogP contribution is -2.37. The van der Waals surface area contributed by atoms with Crippen LogP contribution in [0.5, 0.6) is 28.7 Å². The molecule has 0 unspecified atom stereocenters. The molecule has 170 valence electrons. The number of alkyl halides is 1. The molecule has 0 amide bonds. The second-order valence-corrected chi connectivity index (χ2v) is 8.14. The maximum atomic E-state index is 13.0. The van der Waals surface area contributed by atoms with Crippen molar-refractivity contribution in [2.45, 2.75) is 24.4 Å². The number of carbonyl (C=O) groups is 1. The summed E-state index contributed by atoms with van der Waals surface area (Å²) in [7, 11) is 6.66. The molecule has 2 aromatic rings. The van der Waals surface area contributed by atoms with Gasteiger partial charge in [0, 0.05) is 23.2 Å². The molecule has 9 heteroatoms. The number of benzene rings is 2. The van der Waals surface area contributed by atoms with Gasteiger partial charge in [-0.1, -0.05) is 6.07 Å². The van der Waals surface area contributed by atoms with Crippen LogP contribution in [0.1, 0.15) is 44.8 Å². The number of carbonyl (C=O) groups excluding carboxylic acids is 1. The molecule has 3 heterocycles. The predicted octanol–water partition coefficient (Wildman–Crippen LogP) is 3.62. The number of halogens is 1. The second-order valence-electron chi connectivity index (χ2n) is 7.87. The van der Waals surface area contributed by atoms with Gasteiger partial charge in [-0.25, -0.2) is 4.79 Å². The van der Waals surface area contributed by atoms with Crippen LogP contribution >= 0.6 is 11.6 Å². The molecular weight excluding hydrogens is 438 g/mol. The van der Waals surface area contributed by atoms with E-state index in [1.54, 1.807) is 13.2 Å². The number of likely N-dealkylation sites (N-methyl/N-ethyl adjacent to an activating group) is 1. The van der Waals surface area contributed by atoms with Crippen molar-refractivity contribution in [2.75, 3.05) is 41.7 Å². The smallest absolute Gasteiger partial charge is 0.343 e. The minimum Gasteiger partial charge on any atom is -0.493 e. The number of nitrogens with zero attached hydrogens (tertiary/aromatic N) is 1. The molecule has 5 rings (SSSR count). The fraction of sp³-hybridized carbons (Fsp3) is 0.435. The summed E-state index contributed by atoms with van der Waals surface area (Å²) in [5, 5.41) is 0. The summed E-state index contributed by atoms with van der Waals surface area (Å²) in [6, 6.07) is 3.33. The summed E-state index contributed by atoms with van der Waals surface area (Å²) in [5.74, 6) is 2.44. The molecular formula is C23H24ClNO7. The number of fused-ring (bicyclic) bond motifs is 3. The second kappa shape index (κ2) is 7.94. The van der Waals surface area contributed by atoms with E-state index in [2.05, 4.69) is 4.90 Å². The molecule has 0 bridgehead atoms. The topological polar surface area (TPSA) is 75.7 Å². The van der Waals surface area contributed by atoms with Crippen molar-refractivity contribution in [1.29, 1.82) is 0 Å². The van der Waals surface area contributed by atoms with Gasteiger partial charge in [0.2, 0.25) is 12.5 Å². The normalized spacial score (nSPS) is 21.1. The van der Waals surface area contributed by atoms with Crippen LogP contribution < -0.4 is 23.7 Å². The molecule has 2 aromatic carbocycles. The van der Waals surface area contributed by atoms with Crippen LogP contribution in [-0.2, 0) is 17.0 Å². The Labute approximate surface area is 190 Å². The van der Waals surface area contributed by atoms with Crippen molar-refractivity contribution in [3.05, 3.63) is 39.9 Å². The lowest BCUT2D eigenvalue weighted by molar-refractivity contribution is 0.00870. The molecule has 32 heavy (non-hydrogen) atoms. The summed E-state index contributed by atoms with van der Waals surface area (Å²) in [5.41, 5.74) is 3.97. The molecule has 0 radical (unpaired) electrons. The third kappa shape index (κ3) is 2.82. The maximum absolute atomic E-state index is 13.0. The zero-order valence-corrected chi connectivity index (χ0v) is 19.1. The van der Waals surface area contributed by atoms with Crippen LogP contribution in [0.25, 0.3) is 0 Å². The largest absolute Gasteiger partial charge is 0.493 e. The molecule has 0 saturated carbocycles. The van der Waals surface area contributed by atoms with Crippen LogP contribution in [-0.4, -0.2) is 52.6 Å². The summed E-state index contributed by atoms with van der Waals surface area (Å²) < 4.78 is 34.2. The highest BCUT2D eigenvalue weighted by Gasteiger charge is 2.47. The number of methoxy groups -OCH3 is 3. The number of hydrogen-bond acceptors (Lipinski definition) is 8. The Morgan fingerprint density at radius 3 is 2.53 bits per heavy atom. The zero-order valence-electron chi connectivity index (χ0n) is 18.3. The number of rotatable bonds is 5. The lowest BCUT2D eigenvalue weighted by Gasteiger charge is -2.39. The van der Waals surface area contributed by atoms with Gasteiger partial charge in [0.25, 0.3) is 0 Å². The molecule has 0 aromatic heterocycles. The first kappa shape index (κ1) is 21.0. The van der Waals surface area contributed by atoms with E-state index < -0.39 is 12.1 Å². The summed E-state index contributed by atoms with van der Waals surface area (Å²) in [6.45, 7) is 0.859. The van der Waals surface area contributed by atoms with E-state index in [0.29, 0.717) is 34.3 Å². The molecule has 0 aliphatic carbocycles. The van der Waals surface area contributed by atoms with Gasteiger partial charge in [-0.05, 0) is 25.1 Å². The Balaban J connectivity index is 1.73. The Morgan fingerprint density at radius 1 is 1.09 bits per heavy atom. The Kier molecular flexibility index (Phi) is 5.22. The SMILES string of the molecule is COc1ccc2c(c1OC)C(=O)O[C@@H]2[C@H]1c2c(c(CCl)c3c(c2OC)OCO3)CCN1C. The molecule has 0 fully saturated rings. The van der Waals surface area contributed by atoms with Gasteiger partial charge in [-0.2, -0.15) is 0 Å². The molecule has 0 saturated heterocycles. The Morgan fingerprint density at radius 2 is 1.84 bits per heavy atom. The van der Waals surface area contributed by atoms with Crippen LogP contribution in [0.2, 0.25) is 0 Å². The van der Waals surface area contributed by atoms with Gasteiger partial charge in [-0.3, -0.25) is 4.90 Å². The van der Waals surface area contributed by atoms with E-state index in [0.717, 1.165) is 35.2 Å². The van der Waals surface area contributed by atoms with E-state index >= 15 is 0 Å². The first-order chi connectivity index (χ1) is 15.5. The van der Waals surface area contributed by atoms with Crippen molar-refractivity contribution in [1.82, 2.24) is 4.90 Å². The van der Waals surface area contributed by atoms with E-state index in [9.17, 15) is 4.79 Å². The Bertz CT molecular complexity index is 1100. The zero-order chi connectivity index (χ0) is 22.6. The summed E-state index contributed by atoms with van der Waals surface area (Å²) >= 11 is 6.36. The van der Waals surface area contributed by atoms with Gasteiger partial charge >= 0.3 is 5.97 Å². The van der Waals surface area contributed by atoms with Gasteiger partial charge in [0.05, 0.1) is 33.3 Å². The standard InChI is InChI=1S/C23H24ClNO7/c1-25-8-7-11-13(9-24)19-22(31-10-30-19)21(29-4)15(11)17(25)18-12-5-6-14(27-2)20(28-3)16(12)23(26)32-18/h5-6,17-18H,7-10H2,1-4H3/t17-,18+/m1/s1. The highest BCUT2D eigenvalue weighted by Crippen LogP contribution is 2.57. The maximum Gasteiger partial charge on any atom is 0.343 e. The number of hydrogen-bond donors (Lipinski definition) is 0. The molecule has 3 aliphatic rings. The van der Waals surface area contributed by atoms with Crippen molar-refractivity contribution in [3.8, 4) is 28.7 Å². The van der Waals surface area contributed by atoms with E-state index in [-0.39, 0.29) is 18.7 Å². The highest BCUT2D eigenvalue weighted by atomic mass is 35.5. The van der Waals surface area contributed by atoms with Crippen molar-refractivity contribution in [3.63, 3.8) is 0 Å². The number of ether oxygens (including phenoxy) is 6. The minimum atomic E-state index is -0.571. The number of cyclic esters (lactones) is 1. The monoisotopic (exact) mass is 461 g/mol. The van der Waals surface area contributed by atoms with Gasteiger partial charge in [-0.15, -0.1) is 11.6 Å². The predicted molar refractivity (Wildman–Crippen MR) is 115 cm³/mol. The van der Waals surface area contributed by atoms with Crippen molar-refractivity contribution >= 4 is 17.6 Å². The molecule has 2 atom stereocenters. The third-order valence-electron chi connectivity index (χ3n) is 6.46. The van der Waals surface area contributed by atoms with E-state index in [1.165, 1.54) is 14.2 Å². The minimum absolute atomic E-state index is 0.108. The first-order valence-electron chi connectivity index (χ1n) is 10.3. The average molecular weight is 462 g/mol. The van der Waals surface area contributed by atoms with Crippen LogP contribution in [0.4, 0.5) is 0 Å².